The third kappa shape index (κ3) is 5.61. The van der Waals surface area contributed by atoms with Gasteiger partial charge in [-0.3, -0.25) is 4.79 Å². The normalized spacial score (nSPS) is 16.9. The number of aryl methyl sites for hydroxylation is 2. The molecule has 1 fully saturated rings. The number of hydrogen-bond acceptors (Lipinski definition) is 4. The summed E-state index contributed by atoms with van der Waals surface area (Å²) in [6, 6.07) is 0.113. The van der Waals surface area contributed by atoms with Crippen LogP contribution in [0.3, 0.4) is 0 Å². The number of carbonyl (C=O) groups excluding carboxylic acids is 1. The molecule has 5 nitrogen and oxygen atoms in total. The standard InChI is InChI=1S/C16H27N3O2.ClH/c1-11(10-15-12(2)19-21-13(15)3)18-16(20)5-4-14-6-8-17-9-7-14;/h11,14,17H,4-10H2,1-3H3,(H,18,20);1H. The van der Waals surface area contributed by atoms with E-state index in [1.807, 2.05) is 20.8 Å². The molecule has 0 saturated carbocycles. The minimum absolute atomic E-state index is 0. The Bertz CT molecular complexity index is 450. The van der Waals surface area contributed by atoms with Gasteiger partial charge in [0.05, 0.1) is 5.69 Å². The van der Waals surface area contributed by atoms with Crippen molar-refractivity contribution in [1.82, 2.24) is 15.8 Å². The Morgan fingerprint density at radius 2 is 2.09 bits per heavy atom. The van der Waals surface area contributed by atoms with Crippen LogP contribution in [0, 0.1) is 19.8 Å². The highest BCUT2D eigenvalue weighted by Gasteiger charge is 2.17. The number of halogens is 1. The topological polar surface area (TPSA) is 67.2 Å². The lowest BCUT2D eigenvalue weighted by Gasteiger charge is -2.22. The summed E-state index contributed by atoms with van der Waals surface area (Å²) < 4.78 is 5.16. The van der Waals surface area contributed by atoms with Crippen molar-refractivity contribution >= 4 is 18.3 Å². The van der Waals surface area contributed by atoms with Crippen molar-refractivity contribution in [2.45, 2.75) is 58.9 Å². The molecule has 22 heavy (non-hydrogen) atoms. The van der Waals surface area contributed by atoms with Crippen LogP contribution >= 0.6 is 12.4 Å². The lowest BCUT2D eigenvalue weighted by molar-refractivity contribution is -0.122. The van der Waals surface area contributed by atoms with Crippen molar-refractivity contribution < 1.29 is 9.32 Å². The first-order valence-electron chi connectivity index (χ1n) is 7.98. The second kappa shape index (κ2) is 9.16. The number of carbonyl (C=O) groups is 1. The Morgan fingerprint density at radius 1 is 1.41 bits per heavy atom. The average Bonchev–Trinajstić information content (AvgIpc) is 2.78. The van der Waals surface area contributed by atoms with Gasteiger partial charge in [0.15, 0.2) is 0 Å². The Balaban J connectivity index is 0.00000242. The number of nitrogens with zero attached hydrogens (tertiary/aromatic N) is 1. The summed E-state index contributed by atoms with van der Waals surface area (Å²) in [5.74, 6) is 1.71. The van der Waals surface area contributed by atoms with Crippen LogP contribution in [0.2, 0.25) is 0 Å². The van der Waals surface area contributed by atoms with E-state index < -0.39 is 0 Å². The quantitative estimate of drug-likeness (QED) is 0.841. The Hall–Kier alpha value is -1.07. The molecule has 0 spiro atoms. The number of amides is 1. The molecule has 1 atom stereocenters. The fraction of sp³-hybridized carbons (Fsp3) is 0.750. The van der Waals surface area contributed by atoms with Crippen LogP contribution in [0.25, 0.3) is 0 Å². The van der Waals surface area contributed by atoms with Crippen LogP contribution < -0.4 is 10.6 Å². The van der Waals surface area contributed by atoms with E-state index in [-0.39, 0.29) is 24.4 Å². The smallest absolute Gasteiger partial charge is 0.220 e. The summed E-state index contributed by atoms with van der Waals surface area (Å²) >= 11 is 0. The molecular weight excluding hydrogens is 302 g/mol. The monoisotopic (exact) mass is 329 g/mol. The summed E-state index contributed by atoms with van der Waals surface area (Å²) in [7, 11) is 0. The summed E-state index contributed by atoms with van der Waals surface area (Å²) in [5, 5.41) is 10.4. The molecule has 1 aliphatic rings. The van der Waals surface area contributed by atoms with E-state index in [4.69, 9.17) is 4.52 Å². The first-order chi connectivity index (χ1) is 10.1. The summed E-state index contributed by atoms with van der Waals surface area (Å²) in [5.41, 5.74) is 2.03. The van der Waals surface area contributed by atoms with Crippen LogP contribution in [-0.4, -0.2) is 30.2 Å². The molecular formula is C16H28ClN3O2. The largest absolute Gasteiger partial charge is 0.361 e. The molecule has 0 radical (unpaired) electrons. The van der Waals surface area contributed by atoms with E-state index in [9.17, 15) is 4.79 Å². The zero-order valence-corrected chi connectivity index (χ0v) is 14.6. The SMILES string of the molecule is Cc1noc(C)c1CC(C)NC(=O)CCC1CCNCC1.Cl. The predicted octanol–water partition coefficient (Wildman–Crippen LogP) is 2.54. The second-order valence-corrected chi connectivity index (χ2v) is 6.21. The van der Waals surface area contributed by atoms with Crippen molar-refractivity contribution in [1.29, 1.82) is 0 Å². The van der Waals surface area contributed by atoms with E-state index in [0.29, 0.717) is 12.3 Å². The summed E-state index contributed by atoms with van der Waals surface area (Å²) in [6.07, 6.45) is 4.81. The number of aromatic nitrogens is 1. The average molecular weight is 330 g/mol. The maximum Gasteiger partial charge on any atom is 0.220 e. The summed E-state index contributed by atoms with van der Waals surface area (Å²) in [4.78, 5) is 12.0. The van der Waals surface area contributed by atoms with Gasteiger partial charge < -0.3 is 15.2 Å². The molecule has 1 saturated heterocycles. The van der Waals surface area contributed by atoms with Gasteiger partial charge in [-0.25, -0.2) is 0 Å². The van der Waals surface area contributed by atoms with Gasteiger partial charge in [-0.15, -0.1) is 12.4 Å². The number of piperidine rings is 1. The van der Waals surface area contributed by atoms with Gasteiger partial charge in [0.25, 0.3) is 0 Å². The van der Waals surface area contributed by atoms with Gasteiger partial charge in [0.1, 0.15) is 5.76 Å². The molecule has 1 aliphatic heterocycles. The van der Waals surface area contributed by atoms with E-state index in [0.717, 1.165) is 42.9 Å². The third-order valence-electron chi connectivity index (χ3n) is 4.34. The minimum Gasteiger partial charge on any atom is -0.361 e. The van der Waals surface area contributed by atoms with Crippen molar-refractivity contribution in [3.05, 3.63) is 17.0 Å². The van der Waals surface area contributed by atoms with Gasteiger partial charge in [0, 0.05) is 18.0 Å². The minimum atomic E-state index is 0. The van der Waals surface area contributed by atoms with Gasteiger partial charge in [-0.2, -0.15) is 0 Å². The fourth-order valence-electron chi connectivity index (χ4n) is 3.00. The highest BCUT2D eigenvalue weighted by molar-refractivity contribution is 5.85. The highest BCUT2D eigenvalue weighted by Crippen LogP contribution is 2.18. The molecule has 0 aliphatic carbocycles. The van der Waals surface area contributed by atoms with E-state index >= 15 is 0 Å². The van der Waals surface area contributed by atoms with Crippen LogP contribution in [0.5, 0.6) is 0 Å². The molecule has 1 amide bonds. The van der Waals surface area contributed by atoms with Crippen molar-refractivity contribution in [2.75, 3.05) is 13.1 Å². The lowest BCUT2D eigenvalue weighted by Crippen LogP contribution is -2.35. The predicted molar refractivity (Wildman–Crippen MR) is 89.4 cm³/mol. The first kappa shape index (κ1) is 19.0. The molecule has 2 heterocycles. The van der Waals surface area contributed by atoms with Gasteiger partial charge in [-0.1, -0.05) is 5.16 Å². The van der Waals surface area contributed by atoms with Crippen LogP contribution in [0.4, 0.5) is 0 Å². The van der Waals surface area contributed by atoms with Crippen LogP contribution in [0.15, 0.2) is 4.52 Å². The molecule has 6 heteroatoms. The zero-order valence-electron chi connectivity index (χ0n) is 13.8. The van der Waals surface area contributed by atoms with Gasteiger partial charge >= 0.3 is 0 Å². The van der Waals surface area contributed by atoms with Crippen LogP contribution in [-0.2, 0) is 11.2 Å². The molecule has 2 N–H and O–H groups in total. The molecule has 0 aromatic carbocycles. The molecule has 1 aromatic rings. The molecule has 1 unspecified atom stereocenters. The van der Waals surface area contributed by atoms with Crippen molar-refractivity contribution in [3.8, 4) is 0 Å². The Morgan fingerprint density at radius 3 is 2.68 bits per heavy atom. The van der Waals surface area contributed by atoms with Gasteiger partial charge in [0.2, 0.25) is 5.91 Å². The molecule has 2 rings (SSSR count). The molecule has 1 aromatic heterocycles. The van der Waals surface area contributed by atoms with E-state index in [2.05, 4.69) is 15.8 Å². The second-order valence-electron chi connectivity index (χ2n) is 6.21. The Labute approximate surface area is 139 Å². The van der Waals surface area contributed by atoms with Crippen molar-refractivity contribution in [2.24, 2.45) is 5.92 Å². The number of nitrogens with one attached hydrogen (secondary N) is 2. The van der Waals surface area contributed by atoms with Gasteiger partial charge in [-0.05, 0) is 65.5 Å². The van der Waals surface area contributed by atoms with E-state index in [1.165, 1.54) is 12.8 Å². The van der Waals surface area contributed by atoms with E-state index in [1.54, 1.807) is 0 Å². The Kier molecular flexibility index (Phi) is 7.90. The maximum atomic E-state index is 12.0. The number of rotatable bonds is 6. The van der Waals surface area contributed by atoms with Crippen LogP contribution in [0.1, 0.15) is 49.6 Å². The lowest BCUT2D eigenvalue weighted by atomic mass is 9.93. The maximum absolute atomic E-state index is 12.0. The summed E-state index contributed by atoms with van der Waals surface area (Å²) in [6.45, 7) is 8.08. The van der Waals surface area contributed by atoms with Crippen molar-refractivity contribution in [3.63, 3.8) is 0 Å². The number of hydrogen-bond donors (Lipinski definition) is 2. The highest BCUT2D eigenvalue weighted by atomic mass is 35.5. The first-order valence-corrected chi connectivity index (χ1v) is 7.98. The third-order valence-corrected chi connectivity index (χ3v) is 4.34. The molecule has 0 bridgehead atoms. The molecule has 126 valence electrons. The fourth-order valence-corrected chi connectivity index (χ4v) is 3.00. The zero-order chi connectivity index (χ0) is 15.2.